The molecule has 0 bridgehead atoms. The standard InChI is InChI=1S/C19H25N2O9P/c22-12-16(23)13-30-31(27,28)29-11-10-20-17(24)3-1-2-14-4-6-15(7-5-14)21-18(25)8-9-19(21)26/h4-9,16,22-23H,1-3,10-13H2,(H,20,24)(H,27,28). The maximum Gasteiger partial charge on any atom is 0.472 e. The van der Waals surface area contributed by atoms with Crippen molar-refractivity contribution in [3.63, 3.8) is 0 Å². The molecule has 1 heterocycles. The number of imide groups is 1. The highest BCUT2D eigenvalue weighted by Gasteiger charge is 2.25. The molecule has 1 aromatic carbocycles. The van der Waals surface area contributed by atoms with E-state index in [1.54, 1.807) is 24.3 Å². The third-order valence-corrected chi connectivity index (χ3v) is 5.18. The number of amides is 3. The van der Waals surface area contributed by atoms with Crippen LogP contribution in [0.5, 0.6) is 0 Å². The van der Waals surface area contributed by atoms with E-state index < -0.39 is 27.1 Å². The highest BCUT2D eigenvalue weighted by atomic mass is 31.2. The summed E-state index contributed by atoms with van der Waals surface area (Å²) < 4.78 is 20.6. The molecule has 0 aromatic heterocycles. The Morgan fingerprint density at radius 1 is 1.13 bits per heavy atom. The van der Waals surface area contributed by atoms with Crippen LogP contribution in [-0.2, 0) is 34.4 Å². The zero-order valence-electron chi connectivity index (χ0n) is 16.7. The van der Waals surface area contributed by atoms with Gasteiger partial charge >= 0.3 is 7.82 Å². The van der Waals surface area contributed by atoms with Crippen molar-refractivity contribution >= 4 is 31.2 Å². The van der Waals surface area contributed by atoms with Gasteiger partial charge in [0.15, 0.2) is 0 Å². The minimum atomic E-state index is -4.37. The molecule has 0 aliphatic carbocycles. The van der Waals surface area contributed by atoms with Crippen LogP contribution in [-0.4, -0.2) is 65.3 Å². The lowest BCUT2D eigenvalue weighted by molar-refractivity contribution is -0.122. The molecule has 0 saturated heterocycles. The highest BCUT2D eigenvalue weighted by Crippen LogP contribution is 2.42. The fourth-order valence-corrected chi connectivity index (χ4v) is 3.39. The number of aliphatic hydroxyl groups excluding tert-OH is 2. The van der Waals surface area contributed by atoms with Gasteiger partial charge in [0.25, 0.3) is 11.8 Å². The number of aliphatic hydroxyl groups is 2. The summed E-state index contributed by atoms with van der Waals surface area (Å²) in [5.74, 6) is -1.03. The molecule has 0 radical (unpaired) electrons. The first-order valence-electron chi connectivity index (χ1n) is 9.54. The summed E-state index contributed by atoms with van der Waals surface area (Å²) in [7, 11) is -4.37. The lowest BCUT2D eigenvalue weighted by Gasteiger charge is -2.14. The van der Waals surface area contributed by atoms with Crippen LogP contribution >= 0.6 is 7.82 Å². The van der Waals surface area contributed by atoms with Crippen molar-refractivity contribution in [2.24, 2.45) is 0 Å². The van der Waals surface area contributed by atoms with E-state index in [-0.39, 0.29) is 37.3 Å². The van der Waals surface area contributed by atoms with E-state index in [4.69, 9.17) is 10.2 Å². The third kappa shape index (κ3) is 8.33. The first-order chi connectivity index (χ1) is 14.7. The Hall–Kier alpha value is -2.40. The molecule has 0 fully saturated rings. The number of hydrogen-bond acceptors (Lipinski definition) is 8. The second kappa shape index (κ2) is 11.8. The maximum absolute atomic E-state index is 11.8. The monoisotopic (exact) mass is 456 g/mol. The highest BCUT2D eigenvalue weighted by molar-refractivity contribution is 7.47. The zero-order valence-corrected chi connectivity index (χ0v) is 17.6. The van der Waals surface area contributed by atoms with E-state index >= 15 is 0 Å². The summed E-state index contributed by atoms with van der Waals surface area (Å²) in [6.07, 6.45) is 2.53. The lowest BCUT2D eigenvalue weighted by atomic mass is 10.1. The number of carbonyl (C=O) groups excluding carboxylic acids is 3. The number of benzene rings is 1. The van der Waals surface area contributed by atoms with E-state index in [9.17, 15) is 23.8 Å². The second-order valence-corrected chi connectivity index (χ2v) is 8.10. The molecule has 170 valence electrons. The summed E-state index contributed by atoms with van der Waals surface area (Å²) in [5, 5.41) is 20.2. The van der Waals surface area contributed by atoms with Gasteiger partial charge in [-0.15, -0.1) is 0 Å². The molecular weight excluding hydrogens is 431 g/mol. The van der Waals surface area contributed by atoms with Crippen LogP contribution in [0.25, 0.3) is 0 Å². The Morgan fingerprint density at radius 3 is 2.39 bits per heavy atom. The summed E-state index contributed by atoms with van der Waals surface area (Å²) in [6, 6.07) is 6.91. The minimum Gasteiger partial charge on any atom is -0.394 e. The van der Waals surface area contributed by atoms with Crippen LogP contribution in [0.2, 0.25) is 0 Å². The fraction of sp³-hybridized carbons (Fsp3) is 0.421. The predicted molar refractivity (Wildman–Crippen MR) is 109 cm³/mol. The number of nitrogens with one attached hydrogen (secondary N) is 1. The van der Waals surface area contributed by atoms with Crippen molar-refractivity contribution in [1.29, 1.82) is 0 Å². The van der Waals surface area contributed by atoms with Gasteiger partial charge in [0, 0.05) is 25.1 Å². The Labute approximate surface area is 178 Å². The molecule has 3 amide bonds. The SMILES string of the molecule is O=C(CCCc1ccc(N2C(=O)C=CC2=O)cc1)NCCOP(=O)(O)OCC(O)CO. The molecule has 11 nitrogen and oxygen atoms in total. The molecular formula is C19H25N2O9P. The molecule has 4 N–H and O–H groups in total. The largest absolute Gasteiger partial charge is 0.472 e. The van der Waals surface area contributed by atoms with Crippen LogP contribution in [0, 0.1) is 0 Å². The summed E-state index contributed by atoms with van der Waals surface area (Å²) in [6.45, 7) is -1.44. The molecule has 2 unspecified atom stereocenters. The minimum absolute atomic E-state index is 0.00405. The summed E-state index contributed by atoms with van der Waals surface area (Å²) in [5.41, 5.74) is 1.42. The molecule has 2 rings (SSSR count). The molecule has 12 heteroatoms. The first-order valence-corrected chi connectivity index (χ1v) is 11.0. The predicted octanol–water partition coefficient (Wildman–Crippen LogP) is 0.0417. The average molecular weight is 456 g/mol. The van der Waals surface area contributed by atoms with Gasteiger partial charge in [-0.25, -0.2) is 9.46 Å². The number of phosphoric ester groups is 1. The molecule has 1 aromatic rings. The van der Waals surface area contributed by atoms with Crippen molar-refractivity contribution in [2.75, 3.05) is 31.3 Å². The Kier molecular flexibility index (Phi) is 9.50. The Bertz CT molecular complexity index is 838. The van der Waals surface area contributed by atoms with Crippen molar-refractivity contribution < 1.29 is 43.1 Å². The number of carbonyl (C=O) groups is 3. The van der Waals surface area contributed by atoms with Crippen LogP contribution < -0.4 is 10.2 Å². The smallest absolute Gasteiger partial charge is 0.394 e. The quantitative estimate of drug-likeness (QED) is 0.182. The number of aryl methyl sites for hydroxylation is 1. The van der Waals surface area contributed by atoms with Crippen molar-refractivity contribution in [1.82, 2.24) is 5.32 Å². The molecule has 2 atom stereocenters. The molecule has 0 saturated carbocycles. The summed E-state index contributed by atoms with van der Waals surface area (Å²) in [4.78, 5) is 45.6. The van der Waals surface area contributed by atoms with Crippen LogP contribution in [0.1, 0.15) is 18.4 Å². The molecule has 1 aliphatic rings. The van der Waals surface area contributed by atoms with Gasteiger partial charge in [-0.05, 0) is 30.5 Å². The van der Waals surface area contributed by atoms with E-state index in [0.717, 1.165) is 10.5 Å². The van der Waals surface area contributed by atoms with Crippen molar-refractivity contribution in [3.05, 3.63) is 42.0 Å². The molecule has 0 spiro atoms. The first kappa shape index (κ1) is 24.9. The Morgan fingerprint density at radius 2 is 1.77 bits per heavy atom. The van der Waals surface area contributed by atoms with Gasteiger partial charge in [-0.3, -0.25) is 23.4 Å². The van der Waals surface area contributed by atoms with Crippen LogP contribution in [0.15, 0.2) is 36.4 Å². The normalized spacial score (nSPS) is 16.4. The van der Waals surface area contributed by atoms with Gasteiger partial charge in [0.2, 0.25) is 5.91 Å². The number of hydrogen-bond donors (Lipinski definition) is 4. The van der Waals surface area contributed by atoms with Crippen LogP contribution in [0.4, 0.5) is 5.69 Å². The summed E-state index contributed by atoms with van der Waals surface area (Å²) >= 11 is 0. The molecule has 31 heavy (non-hydrogen) atoms. The van der Waals surface area contributed by atoms with E-state index in [1.165, 1.54) is 12.2 Å². The van der Waals surface area contributed by atoms with E-state index in [0.29, 0.717) is 18.5 Å². The number of rotatable bonds is 13. The van der Waals surface area contributed by atoms with Gasteiger partial charge in [0.05, 0.1) is 25.5 Å². The topological polar surface area (TPSA) is 163 Å². The van der Waals surface area contributed by atoms with Gasteiger partial charge in [0.1, 0.15) is 6.10 Å². The fourth-order valence-electron chi connectivity index (χ4n) is 2.63. The maximum atomic E-state index is 11.8. The van der Waals surface area contributed by atoms with Gasteiger partial charge in [-0.2, -0.15) is 0 Å². The average Bonchev–Trinajstić information content (AvgIpc) is 3.08. The lowest BCUT2D eigenvalue weighted by Crippen LogP contribution is -2.29. The van der Waals surface area contributed by atoms with Crippen LogP contribution in [0.3, 0.4) is 0 Å². The van der Waals surface area contributed by atoms with Crippen molar-refractivity contribution in [3.8, 4) is 0 Å². The van der Waals surface area contributed by atoms with Gasteiger partial charge in [-0.1, -0.05) is 12.1 Å². The number of phosphoric acid groups is 1. The zero-order chi connectivity index (χ0) is 22.9. The van der Waals surface area contributed by atoms with Gasteiger partial charge < -0.3 is 20.4 Å². The third-order valence-electron chi connectivity index (χ3n) is 4.19. The number of nitrogens with zero attached hydrogens (tertiary/aromatic N) is 1. The van der Waals surface area contributed by atoms with E-state index in [1.807, 2.05) is 0 Å². The Balaban J connectivity index is 1.62. The second-order valence-electron chi connectivity index (χ2n) is 6.65. The molecule has 1 aliphatic heterocycles. The van der Waals surface area contributed by atoms with Crippen molar-refractivity contribution in [2.45, 2.75) is 25.4 Å². The van der Waals surface area contributed by atoms with E-state index in [2.05, 4.69) is 14.4 Å². The number of anilines is 1.